The molecule has 0 saturated carbocycles. The highest BCUT2D eigenvalue weighted by molar-refractivity contribution is 7.92. The molecule has 3 aromatic rings. The van der Waals surface area contributed by atoms with Gasteiger partial charge in [-0.2, -0.15) is 0 Å². The van der Waals surface area contributed by atoms with Gasteiger partial charge in [0.05, 0.1) is 22.1 Å². The van der Waals surface area contributed by atoms with Crippen molar-refractivity contribution in [1.82, 2.24) is 4.98 Å². The molecule has 0 spiro atoms. The Bertz CT molecular complexity index is 1190. The monoisotopic (exact) mass is 461 g/mol. The van der Waals surface area contributed by atoms with Crippen LogP contribution in [0.2, 0.25) is 0 Å². The molecule has 0 bridgehead atoms. The molecule has 2 aromatic carbocycles. The van der Waals surface area contributed by atoms with Gasteiger partial charge in [-0.05, 0) is 55.7 Å². The van der Waals surface area contributed by atoms with Crippen molar-refractivity contribution in [2.24, 2.45) is 0 Å². The third-order valence-corrected chi connectivity index (χ3v) is 7.27. The highest BCUT2D eigenvalue weighted by Crippen LogP contribution is 2.27. The van der Waals surface area contributed by atoms with Crippen molar-refractivity contribution in [2.75, 3.05) is 15.8 Å². The van der Waals surface area contributed by atoms with E-state index in [0.717, 1.165) is 10.6 Å². The fourth-order valence-corrected chi connectivity index (χ4v) is 5.25. The molecule has 1 aromatic heterocycles. The molecular weight excluding hydrogens is 437 g/mol. The lowest BCUT2D eigenvalue weighted by Crippen LogP contribution is -2.18. The summed E-state index contributed by atoms with van der Waals surface area (Å²) in [4.78, 5) is 17.8. The van der Waals surface area contributed by atoms with Gasteiger partial charge in [0, 0.05) is 12.1 Å². The average Bonchev–Trinajstić information content (AvgIpc) is 3.07. The minimum Gasteiger partial charge on any atom is -0.321 e. The predicted octanol–water partition coefficient (Wildman–Crippen LogP) is 4.89. The number of rotatable bonds is 8. The maximum Gasteiger partial charge on any atom is 0.267 e. The topological polar surface area (TPSA) is 88.2 Å². The number of hydrogen-bond donors (Lipinski definition) is 2. The van der Waals surface area contributed by atoms with E-state index in [1.54, 1.807) is 51.1 Å². The van der Waals surface area contributed by atoms with Crippen LogP contribution in [0, 0.1) is 19.7 Å². The van der Waals surface area contributed by atoms with E-state index in [1.807, 2.05) is 0 Å². The number of halogens is 1. The largest absolute Gasteiger partial charge is 0.321 e. The van der Waals surface area contributed by atoms with Gasteiger partial charge in [-0.3, -0.25) is 9.52 Å². The standard InChI is InChI=1S/C22H24FN3O3S2/c1-4-12-31(28,29)26-19-7-5-6-18(14(19)2)25-22(27)21-15(3)24-20(30-21)13-16-8-10-17(23)11-9-16/h5-11,26H,4,12-13H2,1-3H3,(H,25,27). The number of aryl methyl sites for hydroxylation is 1. The third kappa shape index (κ3) is 5.89. The van der Waals surface area contributed by atoms with E-state index in [2.05, 4.69) is 15.0 Å². The van der Waals surface area contributed by atoms with Gasteiger partial charge in [0.15, 0.2) is 0 Å². The minimum absolute atomic E-state index is 0.0277. The van der Waals surface area contributed by atoms with Gasteiger partial charge >= 0.3 is 0 Å². The van der Waals surface area contributed by atoms with Gasteiger partial charge in [0.25, 0.3) is 5.91 Å². The van der Waals surface area contributed by atoms with Gasteiger partial charge in [0.2, 0.25) is 10.0 Å². The molecule has 31 heavy (non-hydrogen) atoms. The second-order valence-corrected chi connectivity index (χ2v) is 10.1. The number of aromatic nitrogens is 1. The first-order valence-corrected chi connectivity index (χ1v) is 12.3. The van der Waals surface area contributed by atoms with Gasteiger partial charge in [0.1, 0.15) is 10.7 Å². The fraction of sp³-hybridized carbons (Fsp3) is 0.273. The van der Waals surface area contributed by atoms with Crippen LogP contribution < -0.4 is 10.0 Å². The summed E-state index contributed by atoms with van der Waals surface area (Å²) in [6, 6.07) is 11.3. The zero-order valence-electron chi connectivity index (χ0n) is 17.5. The molecule has 1 amide bonds. The van der Waals surface area contributed by atoms with Crippen LogP contribution >= 0.6 is 11.3 Å². The summed E-state index contributed by atoms with van der Waals surface area (Å²) in [5, 5.41) is 3.61. The third-order valence-electron chi connectivity index (χ3n) is 4.64. The number of thiazole rings is 1. The molecule has 0 aliphatic rings. The Kier molecular flexibility index (Phi) is 7.07. The van der Waals surface area contributed by atoms with Crippen molar-refractivity contribution in [3.05, 3.63) is 75.0 Å². The molecule has 1 heterocycles. The van der Waals surface area contributed by atoms with Crippen LogP contribution in [0.1, 0.15) is 44.8 Å². The normalized spacial score (nSPS) is 11.4. The first kappa shape index (κ1) is 22.9. The number of carbonyl (C=O) groups excluding carboxylic acids is 1. The van der Waals surface area contributed by atoms with Crippen molar-refractivity contribution >= 4 is 38.6 Å². The maximum atomic E-state index is 13.1. The molecular formula is C22H24FN3O3S2. The van der Waals surface area contributed by atoms with E-state index in [0.29, 0.717) is 40.4 Å². The van der Waals surface area contributed by atoms with Crippen molar-refractivity contribution in [3.63, 3.8) is 0 Å². The van der Waals surface area contributed by atoms with Crippen LogP contribution in [0.25, 0.3) is 0 Å². The van der Waals surface area contributed by atoms with Crippen LogP contribution in [-0.4, -0.2) is 25.1 Å². The zero-order chi connectivity index (χ0) is 22.6. The number of hydrogen-bond acceptors (Lipinski definition) is 5. The van der Waals surface area contributed by atoms with Gasteiger partial charge in [-0.1, -0.05) is 25.1 Å². The summed E-state index contributed by atoms with van der Waals surface area (Å²) in [7, 11) is -3.43. The number of sulfonamides is 1. The van der Waals surface area contributed by atoms with Crippen LogP contribution in [0.5, 0.6) is 0 Å². The van der Waals surface area contributed by atoms with Crippen LogP contribution in [0.4, 0.5) is 15.8 Å². The number of carbonyl (C=O) groups is 1. The van der Waals surface area contributed by atoms with Crippen molar-refractivity contribution < 1.29 is 17.6 Å². The molecule has 0 saturated heterocycles. The highest BCUT2D eigenvalue weighted by Gasteiger charge is 2.18. The number of anilines is 2. The lowest BCUT2D eigenvalue weighted by Gasteiger charge is -2.14. The molecule has 0 fully saturated rings. The fourth-order valence-electron chi connectivity index (χ4n) is 3.06. The Morgan fingerprint density at radius 3 is 2.45 bits per heavy atom. The molecule has 3 rings (SSSR count). The van der Waals surface area contributed by atoms with Crippen molar-refractivity contribution in [2.45, 2.75) is 33.6 Å². The van der Waals surface area contributed by atoms with Crippen LogP contribution in [-0.2, 0) is 16.4 Å². The molecule has 0 aliphatic carbocycles. The first-order chi connectivity index (χ1) is 14.7. The van der Waals surface area contributed by atoms with E-state index in [1.165, 1.54) is 23.5 Å². The predicted molar refractivity (Wildman–Crippen MR) is 123 cm³/mol. The summed E-state index contributed by atoms with van der Waals surface area (Å²) in [6.07, 6.45) is 1.02. The highest BCUT2D eigenvalue weighted by atomic mass is 32.2. The zero-order valence-corrected chi connectivity index (χ0v) is 19.2. The Morgan fingerprint density at radius 1 is 1.10 bits per heavy atom. The minimum atomic E-state index is -3.43. The molecule has 0 atom stereocenters. The average molecular weight is 462 g/mol. The van der Waals surface area contributed by atoms with Crippen LogP contribution in [0.15, 0.2) is 42.5 Å². The van der Waals surface area contributed by atoms with E-state index in [9.17, 15) is 17.6 Å². The molecule has 9 heteroatoms. The van der Waals surface area contributed by atoms with Gasteiger partial charge < -0.3 is 5.32 Å². The summed E-state index contributed by atoms with van der Waals surface area (Å²) < 4.78 is 39.9. The summed E-state index contributed by atoms with van der Waals surface area (Å²) in [5.74, 6) is -0.578. The Morgan fingerprint density at radius 2 is 1.77 bits per heavy atom. The first-order valence-electron chi connectivity index (χ1n) is 9.80. The SMILES string of the molecule is CCCS(=O)(=O)Nc1cccc(NC(=O)c2sc(Cc3ccc(F)cc3)nc2C)c1C. The summed E-state index contributed by atoms with van der Waals surface area (Å²) in [5.41, 5.74) is 3.10. The number of nitrogens with one attached hydrogen (secondary N) is 2. The van der Waals surface area contributed by atoms with Crippen molar-refractivity contribution in [1.29, 1.82) is 0 Å². The lowest BCUT2D eigenvalue weighted by molar-refractivity contribution is 0.102. The van der Waals surface area contributed by atoms with Crippen molar-refractivity contribution in [3.8, 4) is 0 Å². The maximum absolute atomic E-state index is 13.1. The second kappa shape index (κ2) is 9.57. The molecule has 0 radical (unpaired) electrons. The summed E-state index contributed by atoms with van der Waals surface area (Å²) in [6.45, 7) is 5.31. The van der Waals surface area contributed by atoms with Crippen LogP contribution in [0.3, 0.4) is 0 Å². The number of nitrogens with zero attached hydrogens (tertiary/aromatic N) is 1. The number of benzene rings is 2. The van der Waals surface area contributed by atoms with Gasteiger partial charge in [-0.25, -0.2) is 17.8 Å². The molecule has 0 unspecified atom stereocenters. The molecule has 2 N–H and O–H groups in total. The molecule has 0 aliphatic heterocycles. The lowest BCUT2D eigenvalue weighted by atomic mass is 10.1. The molecule has 6 nitrogen and oxygen atoms in total. The summed E-state index contributed by atoms with van der Waals surface area (Å²) >= 11 is 1.28. The van der Waals surface area contributed by atoms with E-state index < -0.39 is 10.0 Å². The molecule has 164 valence electrons. The number of amides is 1. The Balaban J connectivity index is 1.77. The Hall–Kier alpha value is -2.78. The van der Waals surface area contributed by atoms with Gasteiger partial charge in [-0.15, -0.1) is 11.3 Å². The smallest absolute Gasteiger partial charge is 0.267 e. The second-order valence-electron chi connectivity index (χ2n) is 7.18. The van der Waals surface area contributed by atoms with E-state index in [-0.39, 0.29) is 17.5 Å². The van der Waals surface area contributed by atoms with E-state index in [4.69, 9.17) is 0 Å². The quantitative estimate of drug-likeness (QED) is 0.500. The van der Waals surface area contributed by atoms with E-state index >= 15 is 0 Å². The Labute approximate surface area is 185 Å².